The highest BCUT2D eigenvalue weighted by molar-refractivity contribution is 5.79. The van der Waals surface area contributed by atoms with Gasteiger partial charge in [0.05, 0.1) is 5.92 Å². The lowest BCUT2D eigenvalue weighted by molar-refractivity contribution is -0.139. The van der Waals surface area contributed by atoms with Crippen molar-refractivity contribution in [1.29, 1.82) is 0 Å². The predicted octanol–water partition coefficient (Wildman–Crippen LogP) is 0.981. The van der Waals surface area contributed by atoms with E-state index in [-0.39, 0.29) is 24.5 Å². The molecule has 0 spiro atoms. The van der Waals surface area contributed by atoms with Crippen molar-refractivity contribution in [1.82, 2.24) is 4.90 Å². The van der Waals surface area contributed by atoms with Crippen LogP contribution in [0.3, 0.4) is 0 Å². The molecule has 4 nitrogen and oxygen atoms in total. The minimum Gasteiger partial charge on any atom is -0.396 e. The van der Waals surface area contributed by atoms with Crippen LogP contribution < -0.4 is 5.73 Å². The zero-order chi connectivity index (χ0) is 13.1. The molecule has 1 amide bonds. The molecule has 3 unspecified atom stereocenters. The van der Waals surface area contributed by atoms with E-state index < -0.39 is 0 Å². The Labute approximate surface area is 110 Å². The normalized spacial score (nSPS) is 34.6. The number of rotatable bonds is 2. The zero-order valence-corrected chi connectivity index (χ0v) is 11.3. The maximum Gasteiger partial charge on any atom is 0.227 e. The number of nitrogens with two attached hydrogens (primary N) is 1. The Morgan fingerprint density at radius 2 is 1.94 bits per heavy atom. The maximum absolute atomic E-state index is 12.5. The van der Waals surface area contributed by atoms with Crippen LogP contribution in [0.4, 0.5) is 0 Å². The third-order valence-electron chi connectivity index (χ3n) is 4.80. The molecule has 4 heteroatoms. The second-order valence-corrected chi connectivity index (χ2v) is 6.04. The molecule has 104 valence electrons. The van der Waals surface area contributed by atoms with Gasteiger partial charge in [-0.15, -0.1) is 0 Å². The first-order valence-corrected chi connectivity index (χ1v) is 7.28. The van der Waals surface area contributed by atoms with Gasteiger partial charge in [0.15, 0.2) is 0 Å². The summed E-state index contributed by atoms with van der Waals surface area (Å²) in [6, 6.07) is 0.0295. The fraction of sp³-hybridized carbons (Fsp3) is 0.929. The fourth-order valence-electron chi connectivity index (χ4n) is 3.30. The molecule has 1 saturated heterocycles. The van der Waals surface area contributed by atoms with E-state index in [1.165, 1.54) is 0 Å². The summed E-state index contributed by atoms with van der Waals surface area (Å²) < 4.78 is 0. The third kappa shape index (κ3) is 2.86. The Morgan fingerprint density at radius 1 is 1.28 bits per heavy atom. The Bertz CT molecular complexity index is 288. The molecule has 0 aromatic carbocycles. The average Bonchev–Trinajstić information content (AvgIpc) is 2.41. The van der Waals surface area contributed by atoms with Crippen LogP contribution in [0.25, 0.3) is 0 Å². The summed E-state index contributed by atoms with van der Waals surface area (Å²) in [5.41, 5.74) is 6.20. The van der Waals surface area contributed by atoms with Crippen LogP contribution in [-0.4, -0.2) is 41.7 Å². The van der Waals surface area contributed by atoms with Gasteiger partial charge in [0.1, 0.15) is 0 Å². The smallest absolute Gasteiger partial charge is 0.227 e. The molecule has 2 rings (SSSR count). The largest absolute Gasteiger partial charge is 0.396 e. The number of nitrogens with zero attached hydrogens (tertiary/aromatic N) is 1. The van der Waals surface area contributed by atoms with Gasteiger partial charge in [-0.1, -0.05) is 13.3 Å². The van der Waals surface area contributed by atoms with Crippen molar-refractivity contribution in [2.24, 2.45) is 23.5 Å². The van der Waals surface area contributed by atoms with Crippen molar-refractivity contribution in [3.8, 4) is 0 Å². The predicted molar refractivity (Wildman–Crippen MR) is 70.9 cm³/mol. The first-order chi connectivity index (χ1) is 8.63. The van der Waals surface area contributed by atoms with Crippen LogP contribution in [-0.2, 0) is 4.79 Å². The summed E-state index contributed by atoms with van der Waals surface area (Å²) in [6.07, 6.45) is 5.08. The molecule has 0 aromatic heterocycles. The lowest BCUT2D eigenvalue weighted by Gasteiger charge is -2.38. The first-order valence-electron chi connectivity index (χ1n) is 7.28. The third-order valence-corrected chi connectivity index (χ3v) is 4.80. The number of hydrogen-bond donors (Lipinski definition) is 2. The summed E-state index contributed by atoms with van der Waals surface area (Å²) in [6.45, 7) is 3.99. The number of aliphatic hydroxyl groups excluding tert-OH is 1. The second kappa shape index (κ2) is 6.02. The number of likely N-dealkylation sites (tertiary alicyclic amines) is 1. The molecule has 3 N–H and O–H groups in total. The first kappa shape index (κ1) is 13.8. The van der Waals surface area contributed by atoms with Crippen molar-refractivity contribution in [3.05, 3.63) is 0 Å². The van der Waals surface area contributed by atoms with Crippen LogP contribution in [0.15, 0.2) is 0 Å². The monoisotopic (exact) mass is 254 g/mol. The molecular weight excluding hydrogens is 228 g/mol. The van der Waals surface area contributed by atoms with Crippen molar-refractivity contribution in [2.45, 2.75) is 45.1 Å². The number of piperidine rings is 1. The molecule has 1 aliphatic carbocycles. The molecule has 3 atom stereocenters. The van der Waals surface area contributed by atoms with E-state index in [1.54, 1.807) is 0 Å². The molecule has 1 heterocycles. The van der Waals surface area contributed by atoms with Gasteiger partial charge in [0, 0.05) is 25.7 Å². The van der Waals surface area contributed by atoms with Gasteiger partial charge in [-0.3, -0.25) is 4.79 Å². The van der Waals surface area contributed by atoms with Crippen molar-refractivity contribution >= 4 is 5.91 Å². The summed E-state index contributed by atoms with van der Waals surface area (Å²) in [5.74, 6) is 1.13. The Balaban J connectivity index is 1.91. The summed E-state index contributed by atoms with van der Waals surface area (Å²) in [7, 11) is 0. The van der Waals surface area contributed by atoms with Gasteiger partial charge in [0.25, 0.3) is 0 Å². The molecule has 1 saturated carbocycles. The van der Waals surface area contributed by atoms with Gasteiger partial charge in [0.2, 0.25) is 5.91 Å². The SMILES string of the molecule is CC1CCCC(C(=O)N2CCC(CO)CC2)C1N. The minimum atomic E-state index is 0.0272. The summed E-state index contributed by atoms with van der Waals surface area (Å²) in [5, 5.41) is 9.12. The van der Waals surface area contributed by atoms with Crippen LogP contribution in [0.2, 0.25) is 0 Å². The van der Waals surface area contributed by atoms with Crippen LogP contribution in [0.5, 0.6) is 0 Å². The van der Waals surface area contributed by atoms with Crippen molar-refractivity contribution in [3.63, 3.8) is 0 Å². The van der Waals surface area contributed by atoms with Gasteiger partial charge >= 0.3 is 0 Å². The van der Waals surface area contributed by atoms with E-state index in [2.05, 4.69) is 6.92 Å². The molecule has 18 heavy (non-hydrogen) atoms. The highest BCUT2D eigenvalue weighted by atomic mass is 16.3. The van der Waals surface area contributed by atoms with Gasteiger partial charge in [-0.05, 0) is 37.5 Å². The Morgan fingerprint density at radius 3 is 2.56 bits per heavy atom. The molecule has 0 radical (unpaired) electrons. The zero-order valence-electron chi connectivity index (χ0n) is 11.3. The average molecular weight is 254 g/mol. The van der Waals surface area contributed by atoms with E-state index in [0.717, 1.165) is 45.2 Å². The quantitative estimate of drug-likeness (QED) is 0.772. The molecule has 2 fully saturated rings. The van der Waals surface area contributed by atoms with Crippen LogP contribution >= 0.6 is 0 Å². The number of carbonyl (C=O) groups is 1. The standard InChI is InChI=1S/C14H26N2O2/c1-10-3-2-4-12(13(10)15)14(18)16-7-5-11(9-17)6-8-16/h10-13,17H,2-9,15H2,1H3. The number of carbonyl (C=O) groups excluding carboxylic acids is 1. The lowest BCUT2D eigenvalue weighted by Crippen LogP contribution is -2.50. The summed E-state index contributed by atoms with van der Waals surface area (Å²) in [4.78, 5) is 14.5. The lowest BCUT2D eigenvalue weighted by atomic mass is 9.77. The summed E-state index contributed by atoms with van der Waals surface area (Å²) >= 11 is 0. The van der Waals surface area contributed by atoms with Crippen molar-refractivity contribution in [2.75, 3.05) is 19.7 Å². The Kier molecular flexibility index (Phi) is 4.62. The number of aliphatic hydroxyl groups is 1. The van der Waals surface area contributed by atoms with E-state index in [9.17, 15) is 4.79 Å². The second-order valence-electron chi connectivity index (χ2n) is 6.04. The Hall–Kier alpha value is -0.610. The van der Waals surface area contributed by atoms with Gasteiger partial charge in [-0.2, -0.15) is 0 Å². The van der Waals surface area contributed by atoms with E-state index in [4.69, 9.17) is 10.8 Å². The van der Waals surface area contributed by atoms with Crippen LogP contribution in [0, 0.1) is 17.8 Å². The van der Waals surface area contributed by atoms with E-state index in [1.807, 2.05) is 4.90 Å². The molecule has 0 bridgehead atoms. The van der Waals surface area contributed by atoms with Crippen LogP contribution in [0.1, 0.15) is 39.0 Å². The maximum atomic E-state index is 12.5. The molecule has 1 aliphatic heterocycles. The topological polar surface area (TPSA) is 66.6 Å². The minimum absolute atomic E-state index is 0.0272. The van der Waals surface area contributed by atoms with Crippen molar-refractivity contribution < 1.29 is 9.90 Å². The highest BCUT2D eigenvalue weighted by Crippen LogP contribution is 2.30. The number of hydrogen-bond acceptors (Lipinski definition) is 3. The van der Waals surface area contributed by atoms with Gasteiger partial charge in [-0.25, -0.2) is 0 Å². The molecule has 2 aliphatic rings. The van der Waals surface area contributed by atoms with Gasteiger partial charge < -0.3 is 15.7 Å². The highest BCUT2D eigenvalue weighted by Gasteiger charge is 2.36. The fourth-order valence-corrected chi connectivity index (χ4v) is 3.30. The molecule has 0 aromatic rings. The molecular formula is C14H26N2O2. The number of amides is 1. The van der Waals surface area contributed by atoms with E-state index in [0.29, 0.717) is 11.8 Å². The van der Waals surface area contributed by atoms with E-state index >= 15 is 0 Å².